The third-order valence-corrected chi connectivity index (χ3v) is 4.32. The number of nitrogens with two attached hydrogens (primary N) is 1. The molecule has 0 aromatic heterocycles. The molecule has 0 radical (unpaired) electrons. The molecule has 20 heavy (non-hydrogen) atoms. The second kappa shape index (κ2) is 10.1. The first-order valence-electron chi connectivity index (χ1n) is 7.41. The Bertz CT molecular complexity index is 419. The summed E-state index contributed by atoms with van der Waals surface area (Å²) >= 11 is 6.86. The number of rotatable bonds is 10. The van der Waals surface area contributed by atoms with Crippen molar-refractivity contribution >= 4 is 34.7 Å². The zero-order valence-electron chi connectivity index (χ0n) is 12.6. The molecule has 4 heteroatoms. The van der Waals surface area contributed by atoms with E-state index in [9.17, 15) is 0 Å². The average Bonchev–Trinajstić information content (AvgIpc) is 2.45. The molecule has 0 aliphatic rings. The zero-order valence-corrected chi connectivity index (χ0v) is 14.2. The third-order valence-electron chi connectivity index (χ3n) is 3.34. The topological polar surface area (TPSA) is 38.0 Å². The van der Waals surface area contributed by atoms with E-state index in [1.165, 1.54) is 38.5 Å². The maximum atomic E-state index is 5.85. The maximum Gasteiger partial charge on any atom is 0.107 e. The summed E-state index contributed by atoms with van der Waals surface area (Å²) in [5.41, 5.74) is 7.91. The Morgan fingerprint density at radius 1 is 1.20 bits per heavy atom. The van der Waals surface area contributed by atoms with Crippen molar-refractivity contribution in [2.45, 2.75) is 50.3 Å². The molecule has 1 rings (SSSR count). The SMILES string of the molecule is CCCCCCCCNc1cccc(SC)c1C(N)=S. The molecule has 0 aliphatic carbocycles. The average molecular weight is 311 g/mol. The van der Waals surface area contributed by atoms with Gasteiger partial charge in [-0.3, -0.25) is 0 Å². The normalized spacial score (nSPS) is 10.5. The summed E-state index contributed by atoms with van der Waals surface area (Å²) in [6.45, 7) is 3.23. The van der Waals surface area contributed by atoms with Crippen molar-refractivity contribution in [2.75, 3.05) is 18.1 Å². The van der Waals surface area contributed by atoms with E-state index < -0.39 is 0 Å². The van der Waals surface area contributed by atoms with E-state index in [4.69, 9.17) is 18.0 Å². The molecule has 3 N–H and O–H groups in total. The van der Waals surface area contributed by atoms with Gasteiger partial charge in [0, 0.05) is 22.7 Å². The fourth-order valence-electron chi connectivity index (χ4n) is 2.23. The maximum absolute atomic E-state index is 5.85. The predicted octanol–water partition coefficient (Wildman–Crippen LogP) is 4.82. The van der Waals surface area contributed by atoms with Crippen LogP contribution < -0.4 is 11.1 Å². The minimum absolute atomic E-state index is 0.473. The van der Waals surface area contributed by atoms with Crippen molar-refractivity contribution in [2.24, 2.45) is 5.73 Å². The lowest BCUT2D eigenvalue weighted by molar-refractivity contribution is 0.617. The Morgan fingerprint density at radius 2 is 1.90 bits per heavy atom. The Labute approximate surface area is 132 Å². The molecule has 0 heterocycles. The van der Waals surface area contributed by atoms with Gasteiger partial charge in [-0.05, 0) is 24.8 Å². The van der Waals surface area contributed by atoms with Gasteiger partial charge in [0.25, 0.3) is 0 Å². The lowest BCUT2D eigenvalue weighted by Crippen LogP contribution is -2.15. The molecular formula is C16H26N2S2. The molecule has 2 nitrogen and oxygen atoms in total. The number of unbranched alkanes of at least 4 members (excludes halogenated alkanes) is 5. The Hall–Kier alpha value is -0.740. The van der Waals surface area contributed by atoms with Gasteiger partial charge in [-0.2, -0.15) is 0 Å². The summed E-state index contributed by atoms with van der Waals surface area (Å²) in [6.07, 6.45) is 9.89. The summed E-state index contributed by atoms with van der Waals surface area (Å²) in [5.74, 6) is 0. The number of thioether (sulfide) groups is 1. The van der Waals surface area contributed by atoms with Crippen LogP contribution in [0.25, 0.3) is 0 Å². The van der Waals surface area contributed by atoms with Crippen LogP contribution in [0, 0.1) is 0 Å². The van der Waals surface area contributed by atoms with Crippen molar-refractivity contribution in [3.63, 3.8) is 0 Å². The summed E-state index contributed by atoms with van der Waals surface area (Å²) < 4.78 is 0. The number of hydrogen-bond donors (Lipinski definition) is 2. The van der Waals surface area contributed by atoms with Gasteiger partial charge in [0.15, 0.2) is 0 Å². The highest BCUT2D eigenvalue weighted by Gasteiger charge is 2.09. The lowest BCUT2D eigenvalue weighted by atomic mass is 10.1. The van der Waals surface area contributed by atoms with Crippen molar-refractivity contribution in [1.82, 2.24) is 0 Å². The van der Waals surface area contributed by atoms with Crippen LogP contribution in [0.4, 0.5) is 5.69 Å². The second-order valence-corrected chi connectivity index (χ2v) is 6.23. The van der Waals surface area contributed by atoms with Gasteiger partial charge in [0.05, 0.1) is 0 Å². The first-order valence-corrected chi connectivity index (χ1v) is 9.04. The van der Waals surface area contributed by atoms with Gasteiger partial charge in [-0.1, -0.05) is 57.3 Å². The van der Waals surface area contributed by atoms with Crippen LogP contribution in [-0.2, 0) is 0 Å². The number of thiocarbonyl (C=S) groups is 1. The molecule has 0 bridgehead atoms. The molecule has 0 saturated carbocycles. The number of nitrogens with one attached hydrogen (secondary N) is 1. The van der Waals surface area contributed by atoms with Crippen molar-refractivity contribution in [3.05, 3.63) is 23.8 Å². The van der Waals surface area contributed by atoms with Gasteiger partial charge in [0.1, 0.15) is 4.99 Å². The number of benzene rings is 1. The molecule has 0 saturated heterocycles. The van der Waals surface area contributed by atoms with E-state index in [-0.39, 0.29) is 0 Å². The fraction of sp³-hybridized carbons (Fsp3) is 0.562. The Kier molecular flexibility index (Phi) is 8.70. The van der Waals surface area contributed by atoms with Crippen LogP contribution in [0.3, 0.4) is 0 Å². The highest BCUT2D eigenvalue weighted by Crippen LogP contribution is 2.27. The largest absolute Gasteiger partial charge is 0.389 e. The molecule has 0 fully saturated rings. The van der Waals surface area contributed by atoms with Crippen LogP contribution in [-0.4, -0.2) is 17.8 Å². The zero-order chi connectivity index (χ0) is 14.8. The molecule has 0 spiro atoms. The summed E-state index contributed by atoms with van der Waals surface area (Å²) in [5, 5.41) is 3.48. The van der Waals surface area contributed by atoms with Gasteiger partial charge >= 0.3 is 0 Å². The fourth-order valence-corrected chi connectivity index (χ4v) is 3.15. The quantitative estimate of drug-likeness (QED) is 0.369. The van der Waals surface area contributed by atoms with E-state index in [2.05, 4.69) is 36.7 Å². The first kappa shape index (κ1) is 17.3. The summed E-state index contributed by atoms with van der Waals surface area (Å²) in [4.78, 5) is 1.62. The van der Waals surface area contributed by atoms with Crippen LogP contribution in [0.2, 0.25) is 0 Å². The van der Waals surface area contributed by atoms with E-state index in [0.29, 0.717) is 4.99 Å². The van der Waals surface area contributed by atoms with E-state index in [1.807, 2.05) is 0 Å². The molecular weight excluding hydrogens is 284 g/mol. The smallest absolute Gasteiger partial charge is 0.107 e. The predicted molar refractivity (Wildman–Crippen MR) is 96.0 cm³/mol. The van der Waals surface area contributed by atoms with Gasteiger partial charge in [-0.25, -0.2) is 0 Å². The minimum Gasteiger partial charge on any atom is -0.389 e. The number of anilines is 1. The molecule has 112 valence electrons. The Balaban J connectivity index is 2.45. The molecule has 0 unspecified atom stereocenters. The van der Waals surface area contributed by atoms with Crippen molar-refractivity contribution in [1.29, 1.82) is 0 Å². The standard InChI is InChI=1S/C16H26N2S2/c1-3-4-5-6-7-8-12-18-13-10-9-11-14(20-2)15(13)16(17)19/h9-11,18H,3-8,12H2,1-2H3,(H2,17,19). The Morgan fingerprint density at radius 3 is 2.55 bits per heavy atom. The molecule has 0 amide bonds. The van der Waals surface area contributed by atoms with Crippen LogP contribution >= 0.6 is 24.0 Å². The molecule has 0 aliphatic heterocycles. The highest BCUT2D eigenvalue weighted by atomic mass is 32.2. The van der Waals surface area contributed by atoms with Crippen LogP contribution in [0.15, 0.2) is 23.1 Å². The first-order chi connectivity index (χ1) is 9.70. The lowest BCUT2D eigenvalue weighted by Gasteiger charge is -2.14. The monoisotopic (exact) mass is 310 g/mol. The molecule has 1 aromatic rings. The van der Waals surface area contributed by atoms with Gasteiger partial charge in [-0.15, -0.1) is 11.8 Å². The summed E-state index contributed by atoms with van der Waals surface area (Å²) in [6, 6.07) is 6.18. The van der Waals surface area contributed by atoms with Crippen LogP contribution in [0.1, 0.15) is 51.0 Å². The van der Waals surface area contributed by atoms with Crippen LogP contribution in [0.5, 0.6) is 0 Å². The summed E-state index contributed by atoms with van der Waals surface area (Å²) in [7, 11) is 0. The van der Waals surface area contributed by atoms with Crippen molar-refractivity contribution in [3.8, 4) is 0 Å². The second-order valence-electron chi connectivity index (χ2n) is 4.94. The van der Waals surface area contributed by atoms with Gasteiger partial charge < -0.3 is 11.1 Å². The van der Waals surface area contributed by atoms with E-state index in [1.54, 1.807) is 11.8 Å². The van der Waals surface area contributed by atoms with E-state index >= 15 is 0 Å². The third kappa shape index (κ3) is 5.71. The highest BCUT2D eigenvalue weighted by molar-refractivity contribution is 7.98. The van der Waals surface area contributed by atoms with Gasteiger partial charge in [0.2, 0.25) is 0 Å². The molecule has 0 atom stereocenters. The van der Waals surface area contributed by atoms with Crippen molar-refractivity contribution < 1.29 is 0 Å². The molecule has 1 aromatic carbocycles. The minimum atomic E-state index is 0.473. The number of hydrogen-bond acceptors (Lipinski definition) is 3. The van der Waals surface area contributed by atoms with E-state index in [0.717, 1.165) is 22.7 Å².